The number of aromatic nitrogens is 2. The van der Waals surface area contributed by atoms with E-state index in [0.717, 1.165) is 18.3 Å². The Bertz CT molecular complexity index is 278. The normalized spacial score (nSPS) is 17.9. The van der Waals surface area contributed by atoms with Crippen LogP contribution in [-0.4, -0.2) is 16.2 Å². The Labute approximate surface area is 85.3 Å². The van der Waals surface area contributed by atoms with E-state index in [1.54, 1.807) is 0 Å². The molecule has 0 bridgehead atoms. The zero-order valence-electron chi connectivity index (χ0n) is 9.06. The molecule has 0 amide bonds. The molecule has 0 saturated heterocycles. The highest BCUT2D eigenvalue weighted by atomic mass is 15.1. The van der Waals surface area contributed by atoms with Crippen LogP contribution in [0, 0.1) is 13.8 Å². The Balaban J connectivity index is 1.90. The van der Waals surface area contributed by atoms with Gasteiger partial charge in [-0.25, -0.2) is 0 Å². The van der Waals surface area contributed by atoms with Crippen molar-refractivity contribution in [3.05, 3.63) is 17.0 Å². The molecular weight excluding hydrogens is 174 g/mol. The molecule has 1 saturated carbocycles. The first-order valence-electron chi connectivity index (χ1n) is 5.51. The fraction of sp³-hybridized carbons (Fsp3) is 0.727. The Hall–Kier alpha value is -0.830. The summed E-state index contributed by atoms with van der Waals surface area (Å²) in [6, 6.07) is 0.740. The molecular formula is C11H19N3. The van der Waals surface area contributed by atoms with Crippen molar-refractivity contribution in [3.63, 3.8) is 0 Å². The van der Waals surface area contributed by atoms with Crippen LogP contribution < -0.4 is 5.32 Å². The number of aromatic amines is 1. The summed E-state index contributed by atoms with van der Waals surface area (Å²) in [5.74, 6) is 0. The van der Waals surface area contributed by atoms with Crippen LogP contribution in [0.15, 0.2) is 0 Å². The molecule has 1 aromatic rings. The molecule has 0 aliphatic heterocycles. The molecule has 3 nitrogen and oxygen atoms in total. The maximum absolute atomic E-state index is 4.20. The fourth-order valence-electron chi connectivity index (χ4n) is 2.21. The molecule has 0 spiro atoms. The number of aryl methyl sites for hydroxylation is 2. The van der Waals surface area contributed by atoms with Gasteiger partial charge < -0.3 is 5.32 Å². The van der Waals surface area contributed by atoms with E-state index < -0.39 is 0 Å². The lowest BCUT2D eigenvalue weighted by molar-refractivity contribution is 0.522. The number of H-pyrrole nitrogens is 1. The number of nitrogens with one attached hydrogen (secondary N) is 2. The monoisotopic (exact) mass is 193 g/mol. The van der Waals surface area contributed by atoms with E-state index in [4.69, 9.17) is 0 Å². The van der Waals surface area contributed by atoms with E-state index >= 15 is 0 Å². The fourth-order valence-corrected chi connectivity index (χ4v) is 2.21. The molecule has 1 aliphatic carbocycles. The average Bonchev–Trinajstić information content (AvgIpc) is 2.76. The summed E-state index contributed by atoms with van der Waals surface area (Å²) in [4.78, 5) is 0. The molecule has 1 aromatic heterocycles. The molecule has 1 fully saturated rings. The molecule has 0 radical (unpaired) electrons. The zero-order chi connectivity index (χ0) is 9.97. The third kappa shape index (κ3) is 1.98. The van der Waals surface area contributed by atoms with Crippen LogP contribution in [0.3, 0.4) is 0 Å². The third-order valence-corrected chi connectivity index (χ3v) is 3.20. The second-order valence-corrected chi connectivity index (χ2v) is 4.27. The van der Waals surface area contributed by atoms with E-state index in [9.17, 15) is 0 Å². The van der Waals surface area contributed by atoms with Crippen molar-refractivity contribution in [2.75, 3.05) is 0 Å². The number of nitrogens with zero attached hydrogens (tertiary/aromatic N) is 1. The van der Waals surface area contributed by atoms with Gasteiger partial charge in [-0.1, -0.05) is 12.8 Å². The van der Waals surface area contributed by atoms with Crippen LogP contribution in [0.5, 0.6) is 0 Å². The molecule has 78 valence electrons. The van der Waals surface area contributed by atoms with Gasteiger partial charge in [0.05, 0.1) is 5.69 Å². The first-order chi connectivity index (χ1) is 6.77. The van der Waals surface area contributed by atoms with E-state index in [1.807, 2.05) is 0 Å². The standard InChI is InChI=1S/C11H19N3/c1-8-11(9(2)14-13-8)7-12-10-5-3-4-6-10/h10,12H,3-7H2,1-2H3,(H,13,14). The van der Waals surface area contributed by atoms with Crippen molar-refractivity contribution in [2.45, 2.75) is 52.1 Å². The van der Waals surface area contributed by atoms with E-state index in [0.29, 0.717) is 0 Å². The molecule has 1 aliphatic rings. The maximum atomic E-state index is 4.20. The summed E-state index contributed by atoms with van der Waals surface area (Å²) in [7, 11) is 0. The van der Waals surface area contributed by atoms with Crippen LogP contribution in [0.4, 0.5) is 0 Å². The lowest BCUT2D eigenvalue weighted by atomic mass is 10.2. The molecule has 1 heterocycles. The molecule has 0 atom stereocenters. The van der Waals surface area contributed by atoms with Gasteiger partial charge >= 0.3 is 0 Å². The highest BCUT2D eigenvalue weighted by molar-refractivity contribution is 5.22. The van der Waals surface area contributed by atoms with Crippen molar-refractivity contribution >= 4 is 0 Å². The Morgan fingerprint density at radius 1 is 1.36 bits per heavy atom. The van der Waals surface area contributed by atoms with Crippen molar-refractivity contribution < 1.29 is 0 Å². The van der Waals surface area contributed by atoms with Crippen LogP contribution in [0.1, 0.15) is 42.6 Å². The minimum atomic E-state index is 0.740. The van der Waals surface area contributed by atoms with Gasteiger partial charge in [-0.15, -0.1) is 0 Å². The van der Waals surface area contributed by atoms with E-state index in [1.165, 1.54) is 36.9 Å². The quantitative estimate of drug-likeness (QED) is 0.771. The second kappa shape index (κ2) is 4.13. The minimum absolute atomic E-state index is 0.740. The van der Waals surface area contributed by atoms with Gasteiger partial charge in [0, 0.05) is 23.8 Å². The highest BCUT2D eigenvalue weighted by Crippen LogP contribution is 2.18. The minimum Gasteiger partial charge on any atom is -0.310 e. The molecule has 2 rings (SSSR count). The van der Waals surface area contributed by atoms with Gasteiger partial charge in [-0.2, -0.15) is 5.10 Å². The van der Waals surface area contributed by atoms with Gasteiger partial charge in [-0.3, -0.25) is 5.10 Å². The van der Waals surface area contributed by atoms with Crippen molar-refractivity contribution in [3.8, 4) is 0 Å². The van der Waals surface area contributed by atoms with Gasteiger partial charge in [0.1, 0.15) is 0 Å². The molecule has 3 heteroatoms. The van der Waals surface area contributed by atoms with E-state index in [2.05, 4.69) is 29.4 Å². The smallest absolute Gasteiger partial charge is 0.0638 e. The van der Waals surface area contributed by atoms with Gasteiger partial charge in [0.15, 0.2) is 0 Å². The van der Waals surface area contributed by atoms with Crippen molar-refractivity contribution in [2.24, 2.45) is 0 Å². The highest BCUT2D eigenvalue weighted by Gasteiger charge is 2.15. The summed E-state index contributed by atoms with van der Waals surface area (Å²) < 4.78 is 0. The number of hydrogen-bond acceptors (Lipinski definition) is 2. The predicted octanol–water partition coefficient (Wildman–Crippen LogP) is 2.06. The molecule has 0 aromatic carbocycles. The Morgan fingerprint density at radius 2 is 2.07 bits per heavy atom. The van der Waals surface area contributed by atoms with E-state index in [-0.39, 0.29) is 0 Å². The third-order valence-electron chi connectivity index (χ3n) is 3.20. The van der Waals surface area contributed by atoms with Gasteiger partial charge in [0.25, 0.3) is 0 Å². The topological polar surface area (TPSA) is 40.7 Å². The molecule has 0 unspecified atom stereocenters. The summed E-state index contributed by atoms with van der Waals surface area (Å²) in [5, 5.41) is 10.8. The second-order valence-electron chi connectivity index (χ2n) is 4.27. The lowest BCUT2D eigenvalue weighted by Gasteiger charge is -2.11. The van der Waals surface area contributed by atoms with Crippen molar-refractivity contribution in [1.82, 2.24) is 15.5 Å². The maximum Gasteiger partial charge on any atom is 0.0638 e. The number of hydrogen-bond donors (Lipinski definition) is 2. The van der Waals surface area contributed by atoms with Crippen LogP contribution in [0.25, 0.3) is 0 Å². The number of rotatable bonds is 3. The Kier molecular flexibility index (Phi) is 2.87. The summed E-state index contributed by atoms with van der Waals surface area (Å²) >= 11 is 0. The predicted molar refractivity (Wildman–Crippen MR) is 57.2 cm³/mol. The first-order valence-corrected chi connectivity index (χ1v) is 5.51. The van der Waals surface area contributed by atoms with Crippen LogP contribution >= 0.6 is 0 Å². The van der Waals surface area contributed by atoms with Gasteiger partial charge in [-0.05, 0) is 26.7 Å². The Morgan fingerprint density at radius 3 is 2.64 bits per heavy atom. The summed E-state index contributed by atoms with van der Waals surface area (Å²) in [6.07, 6.45) is 5.47. The first kappa shape index (κ1) is 9.71. The summed E-state index contributed by atoms with van der Waals surface area (Å²) in [5.41, 5.74) is 3.68. The van der Waals surface area contributed by atoms with Crippen LogP contribution in [0.2, 0.25) is 0 Å². The van der Waals surface area contributed by atoms with Crippen LogP contribution in [-0.2, 0) is 6.54 Å². The zero-order valence-corrected chi connectivity index (χ0v) is 9.06. The lowest BCUT2D eigenvalue weighted by Crippen LogP contribution is -2.25. The largest absolute Gasteiger partial charge is 0.310 e. The molecule has 2 N–H and O–H groups in total. The summed E-state index contributed by atoms with van der Waals surface area (Å²) in [6.45, 7) is 5.12. The SMILES string of the molecule is Cc1n[nH]c(C)c1CNC1CCCC1. The average molecular weight is 193 g/mol. The van der Waals surface area contributed by atoms with Gasteiger partial charge in [0.2, 0.25) is 0 Å². The van der Waals surface area contributed by atoms with Crippen molar-refractivity contribution in [1.29, 1.82) is 0 Å². The molecule has 14 heavy (non-hydrogen) atoms.